The molecule has 3 rings (SSSR count). The van der Waals surface area contributed by atoms with E-state index in [2.05, 4.69) is 10.5 Å². The molecule has 0 unspecified atom stereocenters. The van der Waals surface area contributed by atoms with Gasteiger partial charge in [-0.25, -0.2) is 8.78 Å². The summed E-state index contributed by atoms with van der Waals surface area (Å²) in [7, 11) is 0. The average Bonchev–Trinajstić information content (AvgIpc) is 2.93. The lowest BCUT2D eigenvalue weighted by molar-refractivity contribution is -0.121. The number of nitrogens with one attached hydrogen (secondary N) is 1. The molecule has 134 valence electrons. The highest BCUT2D eigenvalue weighted by Gasteiger charge is 2.24. The normalized spacial score (nSPS) is 20.3. The summed E-state index contributed by atoms with van der Waals surface area (Å²) in [5.74, 6) is -0.671. The van der Waals surface area contributed by atoms with E-state index >= 15 is 0 Å². The van der Waals surface area contributed by atoms with Crippen LogP contribution in [0.15, 0.2) is 28.8 Å². The molecule has 1 fully saturated rings. The van der Waals surface area contributed by atoms with E-state index in [0.29, 0.717) is 18.6 Å². The van der Waals surface area contributed by atoms with Crippen LogP contribution < -0.4 is 10.1 Å². The molecule has 7 heteroatoms. The highest BCUT2D eigenvalue weighted by molar-refractivity contribution is 5.78. The molecule has 0 atom stereocenters. The fourth-order valence-corrected chi connectivity index (χ4v) is 3.05. The van der Waals surface area contributed by atoms with Crippen molar-refractivity contribution in [2.45, 2.75) is 51.2 Å². The van der Waals surface area contributed by atoms with E-state index in [-0.39, 0.29) is 30.2 Å². The zero-order valence-corrected chi connectivity index (χ0v) is 13.9. The summed E-state index contributed by atoms with van der Waals surface area (Å²) < 4.78 is 37.1. The van der Waals surface area contributed by atoms with Crippen molar-refractivity contribution in [2.24, 2.45) is 0 Å². The Kier molecular flexibility index (Phi) is 5.31. The van der Waals surface area contributed by atoms with Crippen LogP contribution in [0, 0.1) is 18.6 Å². The highest BCUT2D eigenvalue weighted by atomic mass is 19.1. The quantitative estimate of drug-likeness (QED) is 0.899. The van der Waals surface area contributed by atoms with E-state index in [4.69, 9.17) is 9.26 Å². The summed E-state index contributed by atoms with van der Waals surface area (Å²) in [6.07, 6.45) is 2.99. The Hall–Kier alpha value is -2.44. The number of amides is 1. The molecule has 1 aliphatic carbocycles. The molecule has 0 aliphatic heterocycles. The number of rotatable bonds is 5. The van der Waals surface area contributed by atoms with Gasteiger partial charge in [0.2, 0.25) is 5.91 Å². The number of aryl methyl sites for hydroxylation is 1. The van der Waals surface area contributed by atoms with Crippen molar-refractivity contribution >= 4 is 5.91 Å². The number of nitrogens with zero attached hydrogens (tertiary/aromatic N) is 1. The van der Waals surface area contributed by atoms with Crippen molar-refractivity contribution in [3.8, 4) is 5.75 Å². The molecule has 1 heterocycles. The first-order valence-electron chi connectivity index (χ1n) is 8.32. The lowest BCUT2D eigenvalue weighted by atomic mass is 9.92. The van der Waals surface area contributed by atoms with Crippen LogP contribution in [0.1, 0.15) is 37.1 Å². The smallest absolute Gasteiger partial charge is 0.227 e. The maximum absolute atomic E-state index is 13.2. The number of hydrogen-bond donors (Lipinski definition) is 1. The summed E-state index contributed by atoms with van der Waals surface area (Å²) >= 11 is 0. The van der Waals surface area contributed by atoms with Crippen molar-refractivity contribution < 1.29 is 22.8 Å². The molecule has 0 spiro atoms. The molecule has 1 N–H and O–H groups in total. The molecule has 1 aromatic carbocycles. The third kappa shape index (κ3) is 5.01. The number of carbonyl (C=O) groups is 1. The minimum atomic E-state index is -0.654. The fraction of sp³-hybridized carbons (Fsp3) is 0.444. The van der Waals surface area contributed by atoms with Gasteiger partial charge in [-0.05, 0) is 32.6 Å². The Morgan fingerprint density at radius 2 is 1.88 bits per heavy atom. The molecule has 1 aromatic heterocycles. The van der Waals surface area contributed by atoms with E-state index in [9.17, 15) is 13.6 Å². The van der Waals surface area contributed by atoms with Gasteiger partial charge in [0.25, 0.3) is 0 Å². The van der Waals surface area contributed by atoms with Crippen molar-refractivity contribution in [3.05, 3.63) is 47.4 Å². The van der Waals surface area contributed by atoms with Crippen LogP contribution in [0.5, 0.6) is 5.75 Å². The monoisotopic (exact) mass is 350 g/mol. The van der Waals surface area contributed by atoms with Gasteiger partial charge in [0, 0.05) is 30.3 Å². The highest BCUT2D eigenvalue weighted by Crippen LogP contribution is 2.25. The predicted octanol–water partition coefficient (Wildman–Crippen LogP) is 3.31. The summed E-state index contributed by atoms with van der Waals surface area (Å²) in [5, 5.41) is 6.73. The fourth-order valence-electron chi connectivity index (χ4n) is 3.05. The van der Waals surface area contributed by atoms with Crippen LogP contribution in [0.4, 0.5) is 8.78 Å². The van der Waals surface area contributed by atoms with Gasteiger partial charge in [-0.3, -0.25) is 4.79 Å². The van der Waals surface area contributed by atoms with Crippen molar-refractivity contribution in [2.75, 3.05) is 0 Å². The Morgan fingerprint density at radius 3 is 2.48 bits per heavy atom. The molecular formula is C18H20F2N2O3. The zero-order valence-electron chi connectivity index (χ0n) is 13.9. The molecule has 0 radical (unpaired) electrons. The molecular weight excluding hydrogens is 330 g/mol. The minimum Gasteiger partial charge on any atom is -0.490 e. The Morgan fingerprint density at radius 1 is 1.20 bits per heavy atom. The van der Waals surface area contributed by atoms with Crippen molar-refractivity contribution in [1.82, 2.24) is 10.5 Å². The number of ether oxygens (including phenoxy) is 1. The number of hydrogen-bond acceptors (Lipinski definition) is 4. The second-order valence-corrected chi connectivity index (χ2v) is 6.38. The van der Waals surface area contributed by atoms with Gasteiger partial charge < -0.3 is 14.6 Å². The summed E-state index contributed by atoms with van der Waals surface area (Å²) in [4.78, 5) is 12.0. The van der Waals surface area contributed by atoms with Gasteiger partial charge in [-0.15, -0.1) is 0 Å². The third-order valence-corrected chi connectivity index (χ3v) is 4.19. The van der Waals surface area contributed by atoms with Gasteiger partial charge in [0.15, 0.2) is 0 Å². The van der Waals surface area contributed by atoms with Crippen molar-refractivity contribution in [3.63, 3.8) is 0 Å². The third-order valence-electron chi connectivity index (χ3n) is 4.19. The molecule has 1 aliphatic rings. The van der Waals surface area contributed by atoms with Crippen LogP contribution in [-0.2, 0) is 11.2 Å². The van der Waals surface area contributed by atoms with Gasteiger partial charge in [-0.1, -0.05) is 5.16 Å². The van der Waals surface area contributed by atoms with Crippen LogP contribution in [0.2, 0.25) is 0 Å². The van der Waals surface area contributed by atoms with Crippen LogP contribution in [-0.4, -0.2) is 23.2 Å². The first-order chi connectivity index (χ1) is 12.0. The predicted molar refractivity (Wildman–Crippen MR) is 86.1 cm³/mol. The van der Waals surface area contributed by atoms with Gasteiger partial charge in [-0.2, -0.15) is 0 Å². The number of benzene rings is 1. The van der Waals surface area contributed by atoms with E-state index in [1.54, 1.807) is 13.0 Å². The standard InChI is InChI=1S/C18H20F2N2O3/c1-11-6-17(25-22-11)10-18(23)21-14-2-4-15(5-3-14)24-16-8-12(19)7-13(20)9-16/h6-9,14-15H,2-5,10H2,1H3,(H,21,23). The maximum atomic E-state index is 13.2. The van der Waals surface area contributed by atoms with Gasteiger partial charge in [0.05, 0.1) is 18.2 Å². The number of aromatic nitrogens is 1. The summed E-state index contributed by atoms with van der Waals surface area (Å²) in [5.41, 5.74) is 0.745. The second kappa shape index (κ2) is 7.63. The number of halogens is 2. The largest absolute Gasteiger partial charge is 0.490 e. The lowest BCUT2D eigenvalue weighted by Gasteiger charge is -2.29. The first kappa shape index (κ1) is 17.4. The van der Waals surface area contributed by atoms with Gasteiger partial charge in [0.1, 0.15) is 23.1 Å². The van der Waals surface area contributed by atoms with E-state index in [1.807, 2.05) is 0 Å². The molecule has 0 saturated heterocycles. The van der Waals surface area contributed by atoms with E-state index < -0.39 is 11.6 Å². The van der Waals surface area contributed by atoms with Crippen LogP contribution in [0.3, 0.4) is 0 Å². The summed E-state index contributed by atoms with van der Waals surface area (Å²) in [6.45, 7) is 1.80. The zero-order chi connectivity index (χ0) is 17.8. The summed E-state index contributed by atoms with van der Waals surface area (Å²) in [6, 6.07) is 4.98. The van der Waals surface area contributed by atoms with Crippen molar-refractivity contribution in [1.29, 1.82) is 0 Å². The molecule has 0 bridgehead atoms. The average molecular weight is 350 g/mol. The lowest BCUT2D eigenvalue weighted by Crippen LogP contribution is -2.40. The molecule has 1 amide bonds. The first-order valence-corrected chi connectivity index (χ1v) is 8.32. The van der Waals surface area contributed by atoms with Gasteiger partial charge >= 0.3 is 0 Å². The Labute approximate surface area is 144 Å². The van der Waals surface area contributed by atoms with E-state index in [0.717, 1.165) is 24.6 Å². The minimum absolute atomic E-state index is 0.0700. The van der Waals surface area contributed by atoms with Crippen LogP contribution >= 0.6 is 0 Å². The Balaban J connectivity index is 1.44. The second-order valence-electron chi connectivity index (χ2n) is 6.38. The molecule has 5 nitrogen and oxygen atoms in total. The van der Waals surface area contributed by atoms with E-state index in [1.165, 1.54) is 12.1 Å². The SMILES string of the molecule is Cc1cc(CC(=O)NC2CCC(Oc3cc(F)cc(F)c3)CC2)on1. The number of carbonyl (C=O) groups excluding carboxylic acids is 1. The molecule has 25 heavy (non-hydrogen) atoms. The topological polar surface area (TPSA) is 64.4 Å². The maximum Gasteiger partial charge on any atom is 0.227 e. The Bertz CT molecular complexity index is 719. The van der Waals surface area contributed by atoms with Crippen LogP contribution in [0.25, 0.3) is 0 Å². The molecule has 1 saturated carbocycles. The molecule has 2 aromatic rings.